The summed E-state index contributed by atoms with van der Waals surface area (Å²) in [7, 11) is -4.29. The van der Waals surface area contributed by atoms with Crippen molar-refractivity contribution in [1.82, 2.24) is 5.32 Å². The van der Waals surface area contributed by atoms with E-state index in [-0.39, 0.29) is 26.9 Å². The average Bonchev–Trinajstić information content (AvgIpc) is 2.79. The summed E-state index contributed by atoms with van der Waals surface area (Å²) in [5.74, 6) is -2.06. The van der Waals surface area contributed by atoms with Gasteiger partial charge in [0.2, 0.25) is 0 Å². The van der Waals surface area contributed by atoms with E-state index >= 15 is 0 Å². The van der Waals surface area contributed by atoms with Gasteiger partial charge in [0, 0.05) is 20.1 Å². The van der Waals surface area contributed by atoms with Crippen molar-refractivity contribution in [1.29, 1.82) is 0 Å². The third kappa shape index (κ3) is 5.40. The second-order valence-electron chi connectivity index (χ2n) is 7.11. The van der Waals surface area contributed by atoms with E-state index in [9.17, 15) is 22.8 Å². The average molecular weight is 596 g/mol. The first-order valence-corrected chi connectivity index (χ1v) is 12.7. The maximum atomic E-state index is 13.1. The Kier molecular flexibility index (Phi) is 7.00. The van der Waals surface area contributed by atoms with Gasteiger partial charge >= 0.3 is 16.1 Å². The molecule has 1 N–H and O–H groups in total. The molecule has 0 aliphatic carbocycles. The number of amides is 4. The van der Waals surface area contributed by atoms with Crippen molar-refractivity contribution in [3.8, 4) is 5.75 Å². The van der Waals surface area contributed by atoms with E-state index in [1.165, 1.54) is 54.6 Å². The first-order valence-electron chi connectivity index (χ1n) is 9.72. The van der Waals surface area contributed by atoms with E-state index in [0.717, 1.165) is 15.4 Å². The number of carbonyl (C=O) groups excluding carboxylic acids is 3. The molecule has 1 fully saturated rings. The van der Waals surface area contributed by atoms with Gasteiger partial charge in [-0.25, -0.2) is 9.69 Å². The highest BCUT2D eigenvalue weighted by Gasteiger charge is 2.37. The molecule has 1 aliphatic rings. The second kappa shape index (κ2) is 9.82. The molecule has 0 saturated carbocycles. The number of benzene rings is 3. The van der Waals surface area contributed by atoms with Crippen molar-refractivity contribution in [2.75, 3.05) is 4.90 Å². The van der Waals surface area contributed by atoms with Crippen LogP contribution in [0, 0.1) is 0 Å². The van der Waals surface area contributed by atoms with Crippen LogP contribution in [0.2, 0.25) is 10.0 Å². The Morgan fingerprint density at radius 2 is 1.51 bits per heavy atom. The van der Waals surface area contributed by atoms with Crippen LogP contribution in [-0.2, 0) is 19.7 Å². The molecule has 0 aromatic heterocycles. The van der Waals surface area contributed by atoms with E-state index in [0.29, 0.717) is 5.02 Å². The number of rotatable bonds is 5. The van der Waals surface area contributed by atoms with Crippen LogP contribution in [0.25, 0.3) is 6.08 Å². The summed E-state index contributed by atoms with van der Waals surface area (Å²) in [5.41, 5.74) is -0.177. The molecule has 0 radical (unpaired) electrons. The zero-order chi connectivity index (χ0) is 25.3. The lowest BCUT2D eigenvalue weighted by Gasteiger charge is -2.26. The molecule has 0 spiro atoms. The van der Waals surface area contributed by atoms with Crippen molar-refractivity contribution in [3.05, 3.63) is 92.4 Å². The topological polar surface area (TPSA) is 110 Å². The highest BCUT2D eigenvalue weighted by atomic mass is 79.9. The lowest BCUT2D eigenvalue weighted by molar-refractivity contribution is -0.122. The molecular weight excluding hydrogens is 583 g/mol. The maximum absolute atomic E-state index is 13.1. The molecule has 1 heterocycles. The fourth-order valence-corrected chi connectivity index (χ4v) is 4.64. The largest absolute Gasteiger partial charge is 0.378 e. The third-order valence-electron chi connectivity index (χ3n) is 4.76. The van der Waals surface area contributed by atoms with Gasteiger partial charge in [-0.15, -0.1) is 0 Å². The van der Waals surface area contributed by atoms with Crippen molar-refractivity contribution in [2.24, 2.45) is 0 Å². The molecule has 3 aromatic rings. The molecule has 178 valence electrons. The summed E-state index contributed by atoms with van der Waals surface area (Å²) >= 11 is 15.2. The fourth-order valence-electron chi connectivity index (χ4n) is 3.11. The number of hydrogen-bond acceptors (Lipinski definition) is 6. The first-order chi connectivity index (χ1) is 16.5. The number of barbiturate groups is 1. The summed E-state index contributed by atoms with van der Waals surface area (Å²) in [5, 5.41) is 2.63. The molecule has 0 unspecified atom stereocenters. The van der Waals surface area contributed by atoms with E-state index in [4.69, 9.17) is 27.4 Å². The summed E-state index contributed by atoms with van der Waals surface area (Å²) in [6, 6.07) is 14.7. The molecule has 0 bridgehead atoms. The van der Waals surface area contributed by atoms with Crippen molar-refractivity contribution in [3.63, 3.8) is 0 Å². The van der Waals surface area contributed by atoms with Crippen LogP contribution in [-0.4, -0.2) is 26.3 Å². The van der Waals surface area contributed by atoms with Gasteiger partial charge in [0.1, 0.15) is 16.2 Å². The van der Waals surface area contributed by atoms with E-state index < -0.39 is 33.5 Å². The van der Waals surface area contributed by atoms with Crippen LogP contribution < -0.4 is 14.4 Å². The number of nitrogens with one attached hydrogen (secondary N) is 1. The van der Waals surface area contributed by atoms with Gasteiger partial charge in [0.05, 0.1) is 5.69 Å². The summed E-state index contributed by atoms with van der Waals surface area (Å²) in [4.78, 5) is 38.7. The Balaban J connectivity index is 1.74. The Morgan fingerprint density at radius 1 is 0.886 bits per heavy atom. The minimum atomic E-state index is -4.29. The molecule has 35 heavy (non-hydrogen) atoms. The van der Waals surface area contributed by atoms with Gasteiger partial charge in [-0.1, -0.05) is 39.1 Å². The second-order valence-corrected chi connectivity index (χ2v) is 10.4. The summed E-state index contributed by atoms with van der Waals surface area (Å²) in [6.45, 7) is 0. The molecule has 4 amide bonds. The van der Waals surface area contributed by atoms with E-state index in [1.54, 1.807) is 12.1 Å². The Hall–Kier alpha value is -3.18. The molecule has 8 nitrogen and oxygen atoms in total. The monoisotopic (exact) mass is 594 g/mol. The smallest absolute Gasteiger partial charge is 0.339 e. The van der Waals surface area contributed by atoms with Gasteiger partial charge in [-0.3, -0.25) is 14.9 Å². The summed E-state index contributed by atoms with van der Waals surface area (Å²) in [6.07, 6.45) is 1.11. The van der Waals surface area contributed by atoms with Gasteiger partial charge in [-0.05, 0) is 72.8 Å². The molecule has 0 atom stereocenters. The predicted molar refractivity (Wildman–Crippen MR) is 134 cm³/mol. The van der Waals surface area contributed by atoms with Crippen molar-refractivity contribution < 1.29 is 27.0 Å². The lowest BCUT2D eigenvalue weighted by atomic mass is 10.1. The lowest BCUT2D eigenvalue weighted by Crippen LogP contribution is -2.54. The van der Waals surface area contributed by atoms with Gasteiger partial charge < -0.3 is 4.18 Å². The van der Waals surface area contributed by atoms with Crippen LogP contribution in [0.15, 0.2) is 81.7 Å². The van der Waals surface area contributed by atoms with Crippen LogP contribution in [0.4, 0.5) is 10.5 Å². The zero-order valence-corrected chi connectivity index (χ0v) is 21.3. The molecule has 12 heteroatoms. The normalized spacial score (nSPS) is 15.3. The Morgan fingerprint density at radius 3 is 2.17 bits per heavy atom. The predicted octanol–water partition coefficient (Wildman–Crippen LogP) is 5.19. The van der Waals surface area contributed by atoms with Crippen molar-refractivity contribution in [2.45, 2.75) is 4.90 Å². The number of nitrogens with zero attached hydrogens (tertiary/aromatic N) is 1. The number of urea groups is 1. The number of halogens is 3. The minimum Gasteiger partial charge on any atom is -0.378 e. The highest BCUT2D eigenvalue weighted by molar-refractivity contribution is 9.10. The molecule has 3 aromatic carbocycles. The van der Waals surface area contributed by atoms with Crippen LogP contribution in [0.3, 0.4) is 0 Å². The van der Waals surface area contributed by atoms with E-state index in [2.05, 4.69) is 21.2 Å². The first kappa shape index (κ1) is 24.9. The van der Waals surface area contributed by atoms with Crippen molar-refractivity contribution >= 4 is 78.9 Å². The molecule has 4 rings (SSSR count). The number of anilines is 1. The van der Waals surface area contributed by atoms with Gasteiger partial charge in [0.15, 0.2) is 0 Å². The molecular formula is C23H13BrCl2N2O6S. The number of carbonyl (C=O) groups is 3. The minimum absolute atomic E-state index is 0.0265. The Labute approximate surface area is 218 Å². The number of hydrogen-bond donors (Lipinski definition) is 1. The summed E-state index contributed by atoms with van der Waals surface area (Å²) < 4.78 is 31.5. The fraction of sp³-hybridized carbons (Fsp3) is 0. The Bertz CT molecular complexity index is 1490. The van der Waals surface area contributed by atoms with Crippen LogP contribution in [0.5, 0.6) is 5.75 Å². The third-order valence-corrected chi connectivity index (χ3v) is 7.02. The molecule has 1 aliphatic heterocycles. The quantitative estimate of drug-likeness (QED) is 0.247. The standard InChI is InChI=1S/C23H13BrCl2N2O6S/c24-14-1-6-17(7-2-14)28-22(30)19(21(29)27-23(28)31)12-13-11-16(26)5-10-20(13)34-35(32,33)18-8-3-15(25)4-9-18/h1-12H,(H,27,29,31)/b19-12+. The zero-order valence-electron chi connectivity index (χ0n) is 17.4. The number of imide groups is 2. The highest BCUT2D eigenvalue weighted by Crippen LogP contribution is 2.30. The molecule has 1 saturated heterocycles. The van der Waals surface area contributed by atoms with Crippen LogP contribution in [0.1, 0.15) is 5.56 Å². The SMILES string of the molecule is O=C1NC(=O)N(c2ccc(Br)cc2)C(=O)/C1=C/c1cc(Cl)ccc1OS(=O)(=O)c1ccc(Cl)cc1. The van der Waals surface area contributed by atoms with E-state index in [1.807, 2.05) is 0 Å². The van der Waals surface area contributed by atoms with Crippen LogP contribution >= 0.6 is 39.1 Å². The van der Waals surface area contributed by atoms with Gasteiger partial charge in [0.25, 0.3) is 11.8 Å². The maximum Gasteiger partial charge on any atom is 0.339 e. The van der Waals surface area contributed by atoms with Gasteiger partial charge in [-0.2, -0.15) is 8.42 Å².